The van der Waals surface area contributed by atoms with Crippen LogP contribution in [0.15, 0.2) is 53.0 Å². The molecule has 144 valence electrons. The lowest BCUT2D eigenvalue weighted by Crippen LogP contribution is -2.42. The number of esters is 1. The van der Waals surface area contributed by atoms with Crippen molar-refractivity contribution in [2.45, 2.75) is 31.8 Å². The number of carbonyl (C=O) groups is 1. The Morgan fingerprint density at radius 3 is 2.54 bits per heavy atom. The number of rotatable bonds is 4. The maximum absolute atomic E-state index is 13.2. The normalized spacial score (nSPS) is 16.1. The van der Waals surface area contributed by atoms with Crippen molar-refractivity contribution >= 4 is 32.9 Å². The fourth-order valence-corrected chi connectivity index (χ4v) is 4.05. The minimum absolute atomic E-state index is 0.110. The maximum Gasteiger partial charge on any atom is 0.317 e. The van der Waals surface area contributed by atoms with Gasteiger partial charge in [0.25, 0.3) is 0 Å². The molecule has 0 spiro atoms. The van der Waals surface area contributed by atoms with Crippen LogP contribution in [0.4, 0.5) is 0 Å². The van der Waals surface area contributed by atoms with Crippen molar-refractivity contribution in [1.29, 1.82) is 0 Å². The molecule has 0 N–H and O–H groups in total. The summed E-state index contributed by atoms with van der Waals surface area (Å²) in [4.78, 5) is 22.4. The molecule has 0 aliphatic carbocycles. The molecule has 1 aromatic heterocycles. The van der Waals surface area contributed by atoms with E-state index in [-0.39, 0.29) is 12.6 Å². The SMILES string of the molecule is Cc1nc2ccccc2nc1COC(=O)C1(c2cccc(Br)c2)CCOCC1. The molecule has 1 saturated heterocycles. The topological polar surface area (TPSA) is 61.3 Å². The Kier molecular flexibility index (Phi) is 5.42. The van der Waals surface area contributed by atoms with E-state index in [0.717, 1.165) is 26.8 Å². The Hall–Kier alpha value is -2.31. The van der Waals surface area contributed by atoms with Crippen LogP contribution in [-0.4, -0.2) is 29.2 Å². The molecule has 28 heavy (non-hydrogen) atoms. The van der Waals surface area contributed by atoms with Crippen molar-refractivity contribution in [2.24, 2.45) is 0 Å². The quantitative estimate of drug-likeness (QED) is 0.559. The highest BCUT2D eigenvalue weighted by atomic mass is 79.9. The number of aromatic nitrogens is 2. The summed E-state index contributed by atoms with van der Waals surface area (Å²) in [6, 6.07) is 15.6. The second kappa shape index (κ2) is 7.97. The first-order valence-corrected chi connectivity index (χ1v) is 10.1. The van der Waals surface area contributed by atoms with Gasteiger partial charge in [-0.05, 0) is 49.6 Å². The first kappa shape index (κ1) is 19.0. The number of carbonyl (C=O) groups excluding carboxylic acids is 1. The molecule has 4 rings (SSSR count). The van der Waals surface area contributed by atoms with Gasteiger partial charge >= 0.3 is 5.97 Å². The van der Waals surface area contributed by atoms with E-state index in [0.29, 0.717) is 31.7 Å². The van der Waals surface area contributed by atoms with Gasteiger partial charge in [0.1, 0.15) is 6.61 Å². The number of para-hydroxylation sites is 2. The van der Waals surface area contributed by atoms with E-state index in [2.05, 4.69) is 25.9 Å². The van der Waals surface area contributed by atoms with Gasteiger partial charge in [0.2, 0.25) is 0 Å². The highest BCUT2D eigenvalue weighted by Crippen LogP contribution is 2.37. The summed E-state index contributed by atoms with van der Waals surface area (Å²) in [5.74, 6) is -0.233. The van der Waals surface area contributed by atoms with Crippen molar-refractivity contribution < 1.29 is 14.3 Å². The predicted octanol–water partition coefficient (Wildman–Crippen LogP) is 4.49. The molecule has 1 aliphatic rings. The number of ether oxygens (including phenoxy) is 2. The lowest BCUT2D eigenvalue weighted by molar-refractivity contribution is -0.156. The number of hydrogen-bond donors (Lipinski definition) is 0. The van der Waals surface area contributed by atoms with Gasteiger partial charge in [-0.2, -0.15) is 0 Å². The Morgan fingerprint density at radius 2 is 1.82 bits per heavy atom. The Morgan fingerprint density at radius 1 is 1.11 bits per heavy atom. The van der Waals surface area contributed by atoms with Gasteiger partial charge in [0.05, 0.1) is 27.8 Å². The van der Waals surface area contributed by atoms with Crippen LogP contribution < -0.4 is 0 Å². The van der Waals surface area contributed by atoms with E-state index >= 15 is 0 Å². The van der Waals surface area contributed by atoms with Crippen LogP contribution >= 0.6 is 15.9 Å². The minimum Gasteiger partial charge on any atom is -0.458 e. The van der Waals surface area contributed by atoms with Crippen molar-refractivity contribution in [3.63, 3.8) is 0 Å². The van der Waals surface area contributed by atoms with E-state index in [1.54, 1.807) is 0 Å². The fraction of sp³-hybridized carbons (Fsp3) is 0.318. The average molecular weight is 441 g/mol. The van der Waals surface area contributed by atoms with Crippen LogP contribution in [0.1, 0.15) is 29.8 Å². The molecule has 1 aliphatic heterocycles. The molecule has 0 bridgehead atoms. The second-order valence-corrected chi connectivity index (χ2v) is 7.94. The number of aryl methyl sites for hydroxylation is 1. The van der Waals surface area contributed by atoms with Gasteiger partial charge < -0.3 is 9.47 Å². The maximum atomic E-state index is 13.2. The number of hydrogen-bond acceptors (Lipinski definition) is 5. The molecule has 0 amide bonds. The molecule has 6 heteroatoms. The number of fused-ring (bicyclic) bond motifs is 1. The third-order valence-corrected chi connectivity index (χ3v) is 5.79. The van der Waals surface area contributed by atoms with Crippen molar-refractivity contribution in [1.82, 2.24) is 9.97 Å². The van der Waals surface area contributed by atoms with Crippen molar-refractivity contribution in [2.75, 3.05) is 13.2 Å². The summed E-state index contributed by atoms with van der Waals surface area (Å²) in [6.07, 6.45) is 1.20. The van der Waals surface area contributed by atoms with Crippen LogP contribution in [0.2, 0.25) is 0 Å². The molecule has 0 radical (unpaired) electrons. The monoisotopic (exact) mass is 440 g/mol. The lowest BCUT2D eigenvalue weighted by Gasteiger charge is -2.35. The number of benzene rings is 2. The summed E-state index contributed by atoms with van der Waals surface area (Å²) in [7, 11) is 0. The van der Waals surface area contributed by atoms with Crippen LogP contribution in [0.5, 0.6) is 0 Å². The van der Waals surface area contributed by atoms with Crippen LogP contribution in [0.25, 0.3) is 11.0 Å². The molecule has 5 nitrogen and oxygen atoms in total. The van der Waals surface area contributed by atoms with E-state index in [1.807, 2.05) is 55.5 Å². The minimum atomic E-state index is -0.694. The van der Waals surface area contributed by atoms with Crippen molar-refractivity contribution in [3.8, 4) is 0 Å². The first-order chi connectivity index (χ1) is 13.6. The Labute approximate surface area is 172 Å². The summed E-state index contributed by atoms with van der Waals surface area (Å²) in [5.41, 5.74) is 3.35. The van der Waals surface area contributed by atoms with E-state index in [4.69, 9.17) is 9.47 Å². The summed E-state index contributed by atoms with van der Waals surface area (Å²) < 4.78 is 12.2. The lowest BCUT2D eigenvalue weighted by atomic mass is 9.74. The molecule has 0 saturated carbocycles. The van der Waals surface area contributed by atoms with Crippen LogP contribution in [-0.2, 0) is 26.3 Å². The molecular formula is C22H21BrN2O3. The fourth-order valence-electron chi connectivity index (χ4n) is 3.65. The zero-order valence-corrected chi connectivity index (χ0v) is 17.2. The predicted molar refractivity (Wildman–Crippen MR) is 110 cm³/mol. The van der Waals surface area contributed by atoms with E-state index in [9.17, 15) is 4.79 Å². The first-order valence-electron chi connectivity index (χ1n) is 9.32. The Balaban J connectivity index is 1.59. The van der Waals surface area contributed by atoms with Gasteiger partial charge in [0.15, 0.2) is 0 Å². The van der Waals surface area contributed by atoms with Gasteiger partial charge in [-0.1, -0.05) is 40.2 Å². The van der Waals surface area contributed by atoms with Crippen molar-refractivity contribution in [3.05, 3.63) is 70.0 Å². The average Bonchev–Trinajstić information content (AvgIpc) is 2.72. The summed E-state index contributed by atoms with van der Waals surface area (Å²) in [6.45, 7) is 3.08. The highest BCUT2D eigenvalue weighted by Gasteiger charge is 2.43. The Bertz CT molecular complexity index is 1020. The van der Waals surface area contributed by atoms with Crippen LogP contribution in [0.3, 0.4) is 0 Å². The summed E-state index contributed by atoms with van der Waals surface area (Å²) in [5, 5.41) is 0. The third kappa shape index (κ3) is 3.66. The highest BCUT2D eigenvalue weighted by molar-refractivity contribution is 9.10. The smallest absolute Gasteiger partial charge is 0.317 e. The van der Waals surface area contributed by atoms with E-state index < -0.39 is 5.41 Å². The van der Waals surface area contributed by atoms with Gasteiger partial charge in [-0.15, -0.1) is 0 Å². The molecule has 3 aromatic rings. The number of nitrogens with zero attached hydrogens (tertiary/aromatic N) is 2. The molecule has 0 atom stereocenters. The largest absolute Gasteiger partial charge is 0.458 e. The molecule has 1 fully saturated rings. The van der Waals surface area contributed by atoms with Crippen LogP contribution in [0, 0.1) is 6.92 Å². The number of halogens is 1. The third-order valence-electron chi connectivity index (χ3n) is 5.30. The summed E-state index contributed by atoms with van der Waals surface area (Å²) >= 11 is 3.51. The van der Waals surface area contributed by atoms with E-state index in [1.165, 1.54) is 0 Å². The van der Waals surface area contributed by atoms with Gasteiger partial charge in [-0.25, -0.2) is 9.97 Å². The molecule has 2 aromatic carbocycles. The standard InChI is InChI=1S/C22H21BrN2O3/c1-15-20(25-19-8-3-2-7-18(19)24-15)14-28-21(26)22(9-11-27-12-10-22)16-5-4-6-17(23)13-16/h2-8,13H,9-12,14H2,1H3. The zero-order chi connectivity index (χ0) is 19.6. The molecule has 2 heterocycles. The molecular weight excluding hydrogens is 420 g/mol. The zero-order valence-electron chi connectivity index (χ0n) is 15.7. The second-order valence-electron chi connectivity index (χ2n) is 7.03. The van der Waals surface area contributed by atoms with Gasteiger partial charge in [0, 0.05) is 17.7 Å². The molecule has 0 unspecified atom stereocenters. The van der Waals surface area contributed by atoms with Gasteiger partial charge in [-0.3, -0.25) is 4.79 Å².